The summed E-state index contributed by atoms with van der Waals surface area (Å²) in [5, 5.41) is 9.23. The van der Waals surface area contributed by atoms with Crippen LogP contribution >= 0.6 is 22.6 Å². The molecule has 0 aliphatic heterocycles. The zero-order valence-corrected chi connectivity index (χ0v) is 18.5. The lowest BCUT2D eigenvalue weighted by Crippen LogP contribution is -2.26. The topological polar surface area (TPSA) is 85.0 Å². The third-order valence-corrected chi connectivity index (χ3v) is 5.20. The number of carbonyl (C=O) groups is 1. The molecule has 1 atom stereocenters. The molecule has 2 aromatic carbocycles. The number of nitrogens with zero attached hydrogens (tertiary/aromatic N) is 2. The number of rotatable bonds is 10. The molecule has 0 radical (unpaired) electrons. The molecule has 1 unspecified atom stereocenters. The molecule has 1 N–H and O–H groups in total. The number of halogens is 1. The molecule has 7 nitrogen and oxygen atoms in total. The number of hydrogen-bond acceptors (Lipinski definition) is 6. The van der Waals surface area contributed by atoms with Gasteiger partial charge in [-0.3, -0.25) is 0 Å². The molecule has 3 aromatic rings. The molecule has 0 aliphatic carbocycles. The smallest absolute Gasteiger partial charge is 0.333 e. The van der Waals surface area contributed by atoms with Crippen LogP contribution in [0.2, 0.25) is 0 Å². The van der Waals surface area contributed by atoms with Crippen molar-refractivity contribution < 1.29 is 23.8 Å². The van der Waals surface area contributed by atoms with Gasteiger partial charge in [-0.2, -0.15) is 4.98 Å². The van der Waals surface area contributed by atoms with E-state index in [0.29, 0.717) is 32.2 Å². The van der Waals surface area contributed by atoms with E-state index < -0.39 is 12.1 Å². The lowest BCUT2D eigenvalue weighted by Gasteiger charge is -2.16. The van der Waals surface area contributed by atoms with E-state index in [4.69, 9.17) is 13.9 Å². The molecule has 29 heavy (non-hydrogen) atoms. The fourth-order valence-corrected chi connectivity index (χ4v) is 3.57. The summed E-state index contributed by atoms with van der Waals surface area (Å²) in [5.41, 5.74) is 2.48. The molecular formula is C21H23IN2O5. The maximum atomic E-state index is 11.3. The second kappa shape index (κ2) is 9.93. The highest BCUT2D eigenvalue weighted by Crippen LogP contribution is 2.24. The summed E-state index contributed by atoms with van der Waals surface area (Å²) in [5.74, 6) is -0.201. The van der Waals surface area contributed by atoms with Crippen molar-refractivity contribution in [1.82, 2.24) is 4.98 Å². The number of oxazole rings is 1. The largest absolute Gasteiger partial charge is 0.491 e. The number of carboxylic acid groups (broad SMARTS) is 1. The lowest BCUT2D eigenvalue weighted by molar-refractivity contribution is -0.149. The Labute approximate surface area is 182 Å². The van der Waals surface area contributed by atoms with Crippen LogP contribution in [0, 0.1) is 3.57 Å². The summed E-state index contributed by atoms with van der Waals surface area (Å²) in [6.07, 6.45) is -0.521. The molecular weight excluding hydrogens is 487 g/mol. The number of benzene rings is 2. The Morgan fingerprint density at radius 1 is 1.31 bits per heavy atom. The predicted octanol–water partition coefficient (Wildman–Crippen LogP) is 3.98. The Kier molecular flexibility index (Phi) is 7.32. The first kappa shape index (κ1) is 21.4. The van der Waals surface area contributed by atoms with Crippen LogP contribution < -0.4 is 9.64 Å². The summed E-state index contributed by atoms with van der Waals surface area (Å²) in [6.45, 7) is 3.22. The van der Waals surface area contributed by atoms with Gasteiger partial charge in [0.1, 0.15) is 17.9 Å². The number of ether oxygens (including phenoxy) is 2. The van der Waals surface area contributed by atoms with Crippen LogP contribution in [0.15, 0.2) is 46.9 Å². The van der Waals surface area contributed by atoms with E-state index >= 15 is 0 Å². The van der Waals surface area contributed by atoms with Gasteiger partial charge in [-0.25, -0.2) is 4.79 Å². The van der Waals surface area contributed by atoms with E-state index in [1.165, 1.54) is 0 Å². The Hall–Kier alpha value is -2.33. The summed E-state index contributed by atoms with van der Waals surface area (Å²) in [4.78, 5) is 17.6. The van der Waals surface area contributed by atoms with E-state index in [2.05, 4.69) is 27.6 Å². The Bertz CT molecular complexity index is 942. The second-order valence-corrected chi connectivity index (χ2v) is 7.65. The van der Waals surface area contributed by atoms with Gasteiger partial charge >= 0.3 is 5.97 Å². The minimum absolute atomic E-state index is 0.319. The molecule has 0 fully saturated rings. The molecule has 0 spiro atoms. The maximum Gasteiger partial charge on any atom is 0.333 e. The standard InChI is InChI=1S/C21H23IN2O5/c1-3-27-19(20(25)26)13-14-8-9-17(15(22)12-14)28-11-10-24(2)21-23-16-6-4-5-7-18(16)29-21/h4-9,12,19H,3,10-11,13H2,1-2H3,(H,25,26). The number of carboxylic acids is 1. The van der Waals surface area contributed by atoms with Gasteiger partial charge in [0.15, 0.2) is 11.7 Å². The molecule has 154 valence electrons. The fraction of sp³-hybridized carbons (Fsp3) is 0.333. The van der Waals surface area contributed by atoms with Crippen molar-refractivity contribution in [2.24, 2.45) is 0 Å². The highest BCUT2D eigenvalue weighted by molar-refractivity contribution is 14.1. The predicted molar refractivity (Wildman–Crippen MR) is 119 cm³/mol. The van der Waals surface area contributed by atoms with E-state index in [1.807, 2.05) is 54.4 Å². The molecule has 0 saturated heterocycles. The average molecular weight is 510 g/mol. The van der Waals surface area contributed by atoms with Crippen molar-refractivity contribution in [3.8, 4) is 5.75 Å². The van der Waals surface area contributed by atoms with E-state index in [9.17, 15) is 9.90 Å². The van der Waals surface area contributed by atoms with Gasteiger partial charge in [-0.1, -0.05) is 18.2 Å². The molecule has 0 saturated carbocycles. The first-order valence-corrected chi connectivity index (χ1v) is 10.4. The molecule has 8 heteroatoms. The van der Waals surface area contributed by atoms with Gasteiger partial charge < -0.3 is 23.9 Å². The molecule has 1 heterocycles. The van der Waals surface area contributed by atoms with Gasteiger partial charge in [-0.05, 0) is 59.3 Å². The Morgan fingerprint density at radius 3 is 2.79 bits per heavy atom. The molecule has 0 amide bonds. The van der Waals surface area contributed by atoms with Crippen molar-refractivity contribution in [2.45, 2.75) is 19.4 Å². The lowest BCUT2D eigenvalue weighted by atomic mass is 10.1. The summed E-state index contributed by atoms with van der Waals surface area (Å²) < 4.78 is 17.8. The third-order valence-electron chi connectivity index (χ3n) is 4.35. The van der Waals surface area contributed by atoms with Crippen molar-refractivity contribution in [3.05, 3.63) is 51.6 Å². The SMILES string of the molecule is CCOC(Cc1ccc(OCCN(C)c2nc3ccccc3o2)c(I)c1)C(=O)O. The van der Waals surface area contributed by atoms with Crippen LogP contribution in [0.3, 0.4) is 0 Å². The number of fused-ring (bicyclic) bond motifs is 1. The molecule has 0 bridgehead atoms. The highest BCUT2D eigenvalue weighted by Gasteiger charge is 2.18. The van der Waals surface area contributed by atoms with Crippen LogP contribution in [0.1, 0.15) is 12.5 Å². The van der Waals surface area contributed by atoms with Crippen LogP contribution in [0.5, 0.6) is 5.75 Å². The minimum Gasteiger partial charge on any atom is -0.491 e. The highest BCUT2D eigenvalue weighted by atomic mass is 127. The number of aromatic nitrogens is 1. The second-order valence-electron chi connectivity index (χ2n) is 6.49. The third kappa shape index (κ3) is 5.60. The first-order valence-electron chi connectivity index (χ1n) is 9.30. The number of anilines is 1. The minimum atomic E-state index is -0.954. The van der Waals surface area contributed by atoms with E-state index in [1.54, 1.807) is 6.92 Å². The van der Waals surface area contributed by atoms with Crippen LogP contribution in [-0.2, 0) is 16.0 Å². The van der Waals surface area contributed by atoms with Crippen LogP contribution in [0.4, 0.5) is 6.01 Å². The van der Waals surface area contributed by atoms with Gasteiger partial charge in [0.2, 0.25) is 0 Å². The zero-order valence-electron chi connectivity index (χ0n) is 16.3. The van der Waals surface area contributed by atoms with Crippen molar-refractivity contribution in [2.75, 3.05) is 31.7 Å². The van der Waals surface area contributed by atoms with Gasteiger partial charge in [0, 0.05) is 20.1 Å². The van der Waals surface area contributed by atoms with Gasteiger partial charge in [0.05, 0.1) is 10.1 Å². The Balaban J connectivity index is 1.55. The number of para-hydroxylation sites is 2. The fourth-order valence-electron chi connectivity index (χ4n) is 2.83. The summed E-state index contributed by atoms with van der Waals surface area (Å²) in [7, 11) is 1.90. The average Bonchev–Trinajstić information content (AvgIpc) is 3.13. The number of hydrogen-bond donors (Lipinski definition) is 1. The van der Waals surface area contributed by atoms with Gasteiger partial charge in [0.25, 0.3) is 6.01 Å². The monoisotopic (exact) mass is 510 g/mol. The number of aliphatic carboxylic acids is 1. The van der Waals surface area contributed by atoms with E-state index in [-0.39, 0.29) is 0 Å². The van der Waals surface area contributed by atoms with Crippen molar-refractivity contribution in [3.63, 3.8) is 0 Å². The molecule has 3 rings (SSSR count). The normalized spacial score (nSPS) is 12.1. The molecule has 0 aliphatic rings. The van der Waals surface area contributed by atoms with Crippen molar-refractivity contribution >= 4 is 45.7 Å². The summed E-state index contributed by atoms with van der Waals surface area (Å²) in [6, 6.07) is 13.9. The molecule has 1 aromatic heterocycles. The maximum absolute atomic E-state index is 11.3. The van der Waals surface area contributed by atoms with Crippen molar-refractivity contribution in [1.29, 1.82) is 0 Å². The van der Waals surface area contributed by atoms with Crippen LogP contribution in [-0.4, -0.2) is 49.0 Å². The number of likely N-dealkylation sites (N-methyl/N-ethyl adjacent to an activating group) is 1. The summed E-state index contributed by atoms with van der Waals surface area (Å²) >= 11 is 2.19. The quantitative estimate of drug-likeness (QED) is 0.413. The zero-order chi connectivity index (χ0) is 20.8. The Morgan fingerprint density at radius 2 is 2.10 bits per heavy atom. The van der Waals surface area contributed by atoms with Crippen LogP contribution in [0.25, 0.3) is 11.1 Å². The first-order chi connectivity index (χ1) is 14.0. The van der Waals surface area contributed by atoms with E-state index in [0.717, 1.165) is 26.0 Å². The van der Waals surface area contributed by atoms with Gasteiger partial charge in [-0.15, -0.1) is 0 Å².